The average molecular weight is 336 g/mol. The summed E-state index contributed by atoms with van der Waals surface area (Å²) in [5.41, 5.74) is 0. The van der Waals surface area contributed by atoms with Crippen molar-refractivity contribution in [3.05, 3.63) is 0 Å². The van der Waals surface area contributed by atoms with Gasteiger partial charge >= 0.3 is 13.6 Å². The Morgan fingerprint density at radius 1 is 0.955 bits per heavy atom. The van der Waals surface area contributed by atoms with Gasteiger partial charge in [0.05, 0.1) is 6.61 Å². The van der Waals surface area contributed by atoms with E-state index in [0.717, 1.165) is 44.9 Å². The van der Waals surface area contributed by atoms with E-state index in [4.69, 9.17) is 4.74 Å². The fourth-order valence-electron chi connectivity index (χ4n) is 2.57. The van der Waals surface area contributed by atoms with E-state index in [1.807, 2.05) is 0 Å². The van der Waals surface area contributed by atoms with Crippen molar-refractivity contribution in [2.24, 2.45) is 0 Å². The first-order valence-electron chi connectivity index (χ1n) is 8.58. The van der Waals surface area contributed by atoms with Gasteiger partial charge in [-0.25, -0.2) is 0 Å². The van der Waals surface area contributed by atoms with Gasteiger partial charge < -0.3 is 14.5 Å². The predicted octanol–water partition coefficient (Wildman–Crippen LogP) is 4.41. The van der Waals surface area contributed by atoms with Gasteiger partial charge in [0.2, 0.25) is 0 Å². The summed E-state index contributed by atoms with van der Waals surface area (Å²) < 4.78 is 17.1. The Morgan fingerprint density at radius 2 is 1.50 bits per heavy atom. The molecule has 0 aromatic rings. The summed E-state index contributed by atoms with van der Waals surface area (Å²) in [6, 6.07) is 0. The Morgan fingerprint density at radius 3 is 1.95 bits per heavy atom. The molecule has 1 atom stereocenters. The molecule has 0 fully saturated rings. The van der Waals surface area contributed by atoms with Crippen LogP contribution in [0.15, 0.2) is 0 Å². The van der Waals surface area contributed by atoms with Crippen molar-refractivity contribution in [2.45, 2.75) is 90.1 Å². The van der Waals surface area contributed by atoms with Crippen LogP contribution in [0.25, 0.3) is 0 Å². The van der Waals surface area contributed by atoms with Crippen LogP contribution >= 0.6 is 7.60 Å². The first-order chi connectivity index (χ1) is 10.4. The summed E-state index contributed by atoms with van der Waals surface area (Å²) in [5, 5.41) is -1.66. The van der Waals surface area contributed by atoms with E-state index in [2.05, 4.69) is 13.8 Å². The van der Waals surface area contributed by atoms with Crippen LogP contribution in [0.5, 0.6) is 0 Å². The second-order valence-corrected chi connectivity index (χ2v) is 7.88. The number of hydrogen-bond acceptors (Lipinski definition) is 3. The number of carbonyl (C=O) groups is 1. The SMILES string of the molecule is CCCCCCOC(=O)C(CC)(CCCCCC)P(=O)(O)O. The van der Waals surface area contributed by atoms with Crippen molar-refractivity contribution in [3.63, 3.8) is 0 Å². The molecule has 6 heteroatoms. The Kier molecular flexibility index (Phi) is 11.0. The normalized spacial score (nSPS) is 14.6. The zero-order valence-electron chi connectivity index (χ0n) is 14.3. The maximum absolute atomic E-state index is 12.3. The molecule has 0 aromatic carbocycles. The first kappa shape index (κ1) is 21.6. The molecule has 0 spiro atoms. The van der Waals surface area contributed by atoms with Crippen molar-refractivity contribution in [2.75, 3.05) is 6.61 Å². The van der Waals surface area contributed by atoms with Crippen LogP contribution in [0.1, 0.15) is 85.0 Å². The molecule has 0 aromatic heterocycles. The molecule has 0 amide bonds. The molecule has 0 aliphatic rings. The molecule has 0 rings (SSSR count). The summed E-state index contributed by atoms with van der Waals surface area (Å²) in [4.78, 5) is 31.7. The fourth-order valence-corrected chi connectivity index (χ4v) is 3.73. The Hall–Kier alpha value is -0.380. The summed E-state index contributed by atoms with van der Waals surface area (Å²) >= 11 is 0. The molecular weight excluding hydrogens is 303 g/mol. The van der Waals surface area contributed by atoms with Crippen molar-refractivity contribution in [1.29, 1.82) is 0 Å². The van der Waals surface area contributed by atoms with Crippen molar-refractivity contribution in [1.82, 2.24) is 0 Å². The Labute approximate surface area is 135 Å². The number of carbonyl (C=O) groups excluding carboxylic acids is 1. The third-order valence-electron chi connectivity index (χ3n) is 4.20. The first-order valence-corrected chi connectivity index (χ1v) is 10.2. The minimum absolute atomic E-state index is 0.108. The van der Waals surface area contributed by atoms with Crippen LogP contribution in [0.3, 0.4) is 0 Å². The molecule has 0 saturated heterocycles. The summed E-state index contributed by atoms with van der Waals surface area (Å²) in [6.07, 6.45) is 7.74. The van der Waals surface area contributed by atoms with Gasteiger partial charge in [0.1, 0.15) is 0 Å². The smallest absolute Gasteiger partial charge is 0.342 e. The van der Waals surface area contributed by atoms with E-state index in [1.54, 1.807) is 6.92 Å². The summed E-state index contributed by atoms with van der Waals surface area (Å²) in [5.74, 6) is -0.726. The van der Waals surface area contributed by atoms with Gasteiger partial charge in [-0.1, -0.05) is 65.7 Å². The number of ether oxygens (including phenoxy) is 1. The van der Waals surface area contributed by atoms with Gasteiger partial charge in [0, 0.05) is 0 Å². The van der Waals surface area contributed by atoms with Gasteiger partial charge in [-0.05, 0) is 19.3 Å². The number of unbranched alkanes of at least 4 members (excludes halogenated alkanes) is 6. The maximum atomic E-state index is 12.3. The summed E-state index contributed by atoms with van der Waals surface area (Å²) in [7, 11) is -4.55. The van der Waals surface area contributed by atoms with Crippen LogP contribution in [0, 0.1) is 0 Å². The second kappa shape index (κ2) is 11.2. The zero-order valence-corrected chi connectivity index (χ0v) is 15.2. The quantitative estimate of drug-likeness (QED) is 0.296. The zero-order chi connectivity index (χ0) is 17.1. The molecule has 0 heterocycles. The van der Waals surface area contributed by atoms with Gasteiger partial charge in [0.15, 0.2) is 5.16 Å². The lowest BCUT2D eigenvalue weighted by Gasteiger charge is -2.31. The minimum atomic E-state index is -4.55. The Balaban J connectivity index is 4.69. The standard InChI is InChI=1S/C16H33O5P/c1-4-7-9-11-13-16(6-3,22(18,19)20)15(17)21-14-12-10-8-5-2/h4-14H2,1-3H3,(H2,18,19,20). The summed E-state index contributed by atoms with van der Waals surface area (Å²) in [6.45, 7) is 6.06. The molecule has 0 saturated carbocycles. The lowest BCUT2D eigenvalue weighted by atomic mass is 9.97. The van der Waals surface area contributed by atoms with Crippen LogP contribution in [-0.4, -0.2) is 27.5 Å². The van der Waals surface area contributed by atoms with E-state index >= 15 is 0 Å². The third-order valence-corrected chi connectivity index (χ3v) is 6.03. The lowest BCUT2D eigenvalue weighted by molar-refractivity contribution is -0.148. The second-order valence-electron chi connectivity index (χ2n) is 5.94. The number of rotatable bonds is 13. The van der Waals surface area contributed by atoms with Crippen LogP contribution in [0.2, 0.25) is 0 Å². The molecular formula is C16H33O5P. The van der Waals surface area contributed by atoms with Crippen LogP contribution in [-0.2, 0) is 14.1 Å². The minimum Gasteiger partial charge on any atom is -0.465 e. The highest BCUT2D eigenvalue weighted by Crippen LogP contribution is 2.56. The van der Waals surface area contributed by atoms with Gasteiger partial charge in [0.25, 0.3) is 0 Å². The van der Waals surface area contributed by atoms with Crippen LogP contribution < -0.4 is 0 Å². The van der Waals surface area contributed by atoms with Crippen molar-refractivity contribution in [3.8, 4) is 0 Å². The molecule has 5 nitrogen and oxygen atoms in total. The van der Waals surface area contributed by atoms with Gasteiger partial charge in [-0.2, -0.15) is 0 Å². The molecule has 0 aliphatic heterocycles. The highest BCUT2D eigenvalue weighted by Gasteiger charge is 2.52. The number of hydrogen-bond donors (Lipinski definition) is 2. The highest BCUT2D eigenvalue weighted by atomic mass is 31.2. The Bertz CT molecular complexity index is 352. The van der Waals surface area contributed by atoms with E-state index in [-0.39, 0.29) is 19.4 Å². The third kappa shape index (κ3) is 6.80. The van der Waals surface area contributed by atoms with Crippen LogP contribution in [0.4, 0.5) is 0 Å². The molecule has 22 heavy (non-hydrogen) atoms. The average Bonchev–Trinajstić information content (AvgIpc) is 2.46. The molecule has 0 radical (unpaired) electrons. The van der Waals surface area contributed by atoms with Gasteiger partial charge in [-0.15, -0.1) is 0 Å². The molecule has 1 unspecified atom stereocenters. The highest BCUT2D eigenvalue weighted by molar-refractivity contribution is 7.54. The lowest BCUT2D eigenvalue weighted by Crippen LogP contribution is -2.39. The van der Waals surface area contributed by atoms with E-state index in [0.29, 0.717) is 6.42 Å². The monoisotopic (exact) mass is 336 g/mol. The van der Waals surface area contributed by atoms with Crippen molar-refractivity contribution < 1.29 is 23.9 Å². The van der Waals surface area contributed by atoms with E-state index < -0.39 is 18.7 Å². The van der Waals surface area contributed by atoms with E-state index in [1.165, 1.54) is 0 Å². The van der Waals surface area contributed by atoms with Crippen molar-refractivity contribution >= 4 is 13.6 Å². The molecule has 0 aliphatic carbocycles. The van der Waals surface area contributed by atoms with E-state index in [9.17, 15) is 19.1 Å². The number of esters is 1. The topological polar surface area (TPSA) is 83.8 Å². The molecule has 2 N–H and O–H groups in total. The molecule has 132 valence electrons. The van der Waals surface area contributed by atoms with Gasteiger partial charge in [-0.3, -0.25) is 9.36 Å². The fraction of sp³-hybridized carbons (Fsp3) is 0.938. The molecule has 0 bridgehead atoms. The maximum Gasteiger partial charge on any atom is 0.342 e. The predicted molar refractivity (Wildman–Crippen MR) is 88.9 cm³/mol. The largest absolute Gasteiger partial charge is 0.465 e.